The van der Waals surface area contributed by atoms with Crippen LogP contribution in [-0.4, -0.2) is 12.0 Å². The van der Waals surface area contributed by atoms with Gasteiger partial charge in [-0.05, 0) is 37.7 Å². The van der Waals surface area contributed by atoms with E-state index < -0.39 is 0 Å². The Labute approximate surface area is 118 Å². The number of ether oxygens (including phenoxy) is 1. The zero-order valence-electron chi connectivity index (χ0n) is 11.1. The first kappa shape index (κ1) is 13.8. The van der Waals surface area contributed by atoms with E-state index >= 15 is 0 Å². The Bertz CT molecular complexity index is 540. The lowest BCUT2D eigenvalue weighted by Gasteiger charge is -2.08. The number of pyridine rings is 1. The summed E-state index contributed by atoms with van der Waals surface area (Å²) in [6.07, 6.45) is 1.73. The number of hydrogen-bond acceptors (Lipinski definition) is 3. The first-order chi connectivity index (χ1) is 9.19. The van der Waals surface area contributed by atoms with Gasteiger partial charge in [-0.1, -0.05) is 23.7 Å². The number of nitrogens with zero attached hydrogens (tertiary/aromatic N) is 1. The van der Waals surface area contributed by atoms with Crippen LogP contribution in [0.15, 0.2) is 36.5 Å². The molecule has 100 valence electrons. The molecule has 19 heavy (non-hydrogen) atoms. The molecule has 2 rings (SSSR count). The number of rotatable bonds is 5. The van der Waals surface area contributed by atoms with E-state index in [1.807, 2.05) is 44.3 Å². The van der Waals surface area contributed by atoms with Crippen LogP contribution in [0.1, 0.15) is 16.8 Å². The summed E-state index contributed by atoms with van der Waals surface area (Å²) >= 11 is 6.16. The highest BCUT2D eigenvalue weighted by Gasteiger charge is 2.02. The van der Waals surface area contributed by atoms with Crippen LogP contribution in [0.2, 0.25) is 5.02 Å². The second-order valence-electron chi connectivity index (χ2n) is 4.40. The van der Waals surface area contributed by atoms with Crippen LogP contribution in [0, 0.1) is 6.92 Å². The molecule has 4 heteroatoms. The Morgan fingerprint density at radius 1 is 1.26 bits per heavy atom. The van der Waals surface area contributed by atoms with E-state index in [4.69, 9.17) is 16.3 Å². The van der Waals surface area contributed by atoms with Crippen molar-refractivity contribution in [2.24, 2.45) is 0 Å². The third-order valence-corrected chi connectivity index (χ3v) is 3.11. The molecule has 0 unspecified atom stereocenters. The first-order valence-electron chi connectivity index (χ1n) is 6.16. The van der Waals surface area contributed by atoms with Crippen molar-refractivity contribution in [1.82, 2.24) is 10.3 Å². The van der Waals surface area contributed by atoms with Crippen molar-refractivity contribution >= 4 is 11.6 Å². The highest BCUT2D eigenvalue weighted by Crippen LogP contribution is 2.20. The molecule has 0 atom stereocenters. The lowest BCUT2D eigenvalue weighted by molar-refractivity contribution is 0.305. The fraction of sp³-hybridized carbons (Fsp3) is 0.267. The molecule has 0 aliphatic carbocycles. The van der Waals surface area contributed by atoms with Gasteiger partial charge in [0.1, 0.15) is 12.4 Å². The molecule has 3 nitrogen and oxygen atoms in total. The Balaban J connectivity index is 1.98. The zero-order chi connectivity index (χ0) is 13.7. The van der Waals surface area contributed by atoms with Gasteiger partial charge < -0.3 is 10.1 Å². The topological polar surface area (TPSA) is 34.1 Å². The standard InChI is InChI=1S/C15H17ClN2O/c1-11-3-4-12(15(16)7-11)10-19-14-6-5-13(8-17-2)18-9-14/h3-7,9,17H,8,10H2,1-2H3. The van der Waals surface area contributed by atoms with Gasteiger partial charge in [0.15, 0.2) is 0 Å². The van der Waals surface area contributed by atoms with Gasteiger partial charge in [0.25, 0.3) is 0 Å². The van der Waals surface area contributed by atoms with E-state index in [0.29, 0.717) is 6.61 Å². The molecule has 1 N–H and O–H groups in total. The molecular weight excluding hydrogens is 260 g/mol. The van der Waals surface area contributed by atoms with Gasteiger partial charge in [0.05, 0.1) is 11.9 Å². The average Bonchev–Trinajstić information content (AvgIpc) is 2.40. The first-order valence-corrected chi connectivity index (χ1v) is 6.54. The smallest absolute Gasteiger partial charge is 0.138 e. The number of aromatic nitrogens is 1. The minimum absolute atomic E-state index is 0.451. The summed E-state index contributed by atoms with van der Waals surface area (Å²) in [4.78, 5) is 4.30. The zero-order valence-corrected chi connectivity index (χ0v) is 11.9. The van der Waals surface area contributed by atoms with Crippen molar-refractivity contribution in [3.63, 3.8) is 0 Å². The number of hydrogen-bond donors (Lipinski definition) is 1. The Morgan fingerprint density at radius 3 is 2.74 bits per heavy atom. The molecule has 0 radical (unpaired) electrons. The molecule has 1 aromatic heterocycles. The summed E-state index contributed by atoms with van der Waals surface area (Å²) in [7, 11) is 1.89. The highest BCUT2D eigenvalue weighted by atomic mass is 35.5. The molecule has 0 saturated heterocycles. The van der Waals surface area contributed by atoms with E-state index in [2.05, 4.69) is 10.3 Å². The fourth-order valence-electron chi connectivity index (χ4n) is 1.71. The van der Waals surface area contributed by atoms with Crippen LogP contribution in [0.25, 0.3) is 0 Å². The molecule has 0 aliphatic rings. The predicted molar refractivity (Wildman–Crippen MR) is 77.5 cm³/mol. The monoisotopic (exact) mass is 276 g/mol. The molecule has 1 heterocycles. The molecule has 0 spiro atoms. The number of nitrogens with one attached hydrogen (secondary N) is 1. The van der Waals surface area contributed by atoms with Crippen LogP contribution in [0.4, 0.5) is 0 Å². The quantitative estimate of drug-likeness (QED) is 0.909. The highest BCUT2D eigenvalue weighted by molar-refractivity contribution is 6.31. The van der Waals surface area contributed by atoms with Crippen molar-refractivity contribution in [3.8, 4) is 5.75 Å². The molecule has 2 aromatic rings. The summed E-state index contributed by atoms with van der Waals surface area (Å²) in [6.45, 7) is 3.22. The lowest BCUT2D eigenvalue weighted by atomic mass is 10.2. The van der Waals surface area contributed by atoms with Crippen LogP contribution in [0.5, 0.6) is 5.75 Å². The van der Waals surface area contributed by atoms with Crippen LogP contribution in [-0.2, 0) is 13.2 Å². The number of aryl methyl sites for hydroxylation is 1. The van der Waals surface area contributed by atoms with Crippen molar-refractivity contribution in [2.75, 3.05) is 7.05 Å². The maximum Gasteiger partial charge on any atom is 0.138 e. The molecule has 0 fully saturated rings. The van der Waals surface area contributed by atoms with Gasteiger partial charge in [-0.25, -0.2) is 0 Å². The molecule has 0 aliphatic heterocycles. The summed E-state index contributed by atoms with van der Waals surface area (Å²) < 4.78 is 5.68. The Kier molecular flexibility index (Phi) is 4.77. The number of halogens is 1. The van der Waals surface area contributed by atoms with Gasteiger partial charge in [0, 0.05) is 17.1 Å². The van der Waals surface area contributed by atoms with E-state index in [1.54, 1.807) is 6.20 Å². The van der Waals surface area contributed by atoms with E-state index in [0.717, 1.165) is 34.1 Å². The molecule has 0 amide bonds. The van der Waals surface area contributed by atoms with Crippen LogP contribution in [0.3, 0.4) is 0 Å². The molecular formula is C15H17ClN2O. The summed E-state index contributed by atoms with van der Waals surface area (Å²) in [5, 5.41) is 3.79. The third kappa shape index (κ3) is 3.94. The van der Waals surface area contributed by atoms with Gasteiger partial charge in [-0.2, -0.15) is 0 Å². The van der Waals surface area contributed by atoms with Gasteiger partial charge >= 0.3 is 0 Å². The average molecular weight is 277 g/mol. The van der Waals surface area contributed by atoms with Crippen molar-refractivity contribution in [1.29, 1.82) is 0 Å². The van der Waals surface area contributed by atoms with Gasteiger partial charge in [-0.15, -0.1) is 0 Å². The summed E-state index contributed by atoms with van der Waals surface area (Å²) in [5.41, 5.74) is 3.11. The van der Waals surface area contributed by atoms with E-state index in [1.165, 1.54) is 0 Å². The largest absolute Gasteiger partial charge is 0.487 e. The minimum Gasteiger partial charge on any atom is -0.487 e. The van der Waals surface area contributed by atoms with Crippen LogP contribution < -0.4 is 10.1 Å². The molecule has 1 aromatic carbocycles. The van der Waals surface area contributed by atoms with E-state index in [9.17, 15) is 0 Å². The van der Waals surface area contributed by atoms with Gasteiger partial charge in [0.2, 0.25) is 0 Å². The fourth-order valence-corrected chi connectivity index (χ4v) is 2.00. The predicted octanol–water partition coefficient (Wildman–Crippen LogP) is 3.34. The van der Waals surface area contributed by atoms with Crippen molar-refractivity contribution < 1.29 is 4.74 Å². The van der Waals surface area contributed by atoms with Crippen molar-refractivity contribution in [3.05, 3.63) is 58.4 Å². The third-order valence-electron chi connectivity index (χ3n) is 2.76. The van der Waals surface area contributed by atoms with Crippen molar-refractivity contribution in [2.45, 2.75) is 20.1 Å². The summed E-state index contributed by atoms with van der Waals surface area (Å²) in [5.74, 6) is 0.747. The normalized spacial score (nSPS) is 10.5. The summed E-state index contributed by atoms with van der Waals surface area (Å²) in [6, 6.07) is 9.82. The lowest BCUT2D eigenvalue weighted by Crippen LogP contribution is -2.06. The second kappa shape index (κ2) is 6.55. The Morgan fingerprint density at radius 2 is 2.11 bits per heavy atom. The second-order valence-corrected chi connectivity index (χ2v) is 4.81. The minimum atomic E-state index is 0.451. The SMILES string of the molecule is CNCc1ccc(OCc2ccc(C)cc2Cl)cn1. The van der Waals surface area contributed by atoms with E-state index in [-0.39, 0.29) is 0 Å². The maximum absolute atomic E-state index is 6.16. The maximum atomic E-state index is 6.16. The van der Waals surface area contributed by atoms with Crippen LogP contribution >= 0.6 is 11.6 Å². The Hall–Kier alpha value is -1.58. The molecule has 0 bridgehead atoms. The van der Waals surface area contributed by atoms with Gasteiger partial charge in [-0.3, -0.25) is 4.98 Å². The number of benzene rings is 1. The molecule has 0 saturated carbocycles.